The molecule has 1 aliphatic rings. The Morgan fingerprint density at radius 2 is 2.55 bits per heavy atom. The fraction of sp³-hybridized carbons (Fsp3) is 0.545. The zero-order valence-corrected chi connectivity index (χ0v) is 10.9. The zero-order valence-electron chi connectivity index (χ0n) is 10.9. The van der Waals surface area contributed by atoms with E-state index in [1.54, 1.807) is 4.57 Å². The number of rotatable bonds is 5. The Morgan fingerprint density at radius 3 is 3.10 bits per heavy atom. The van der Waals surface area contributed by atoms with Gasteiger partial charge in [-0.05, 0) is 0 Å². The third kappa shape index (κ3) is 2.50. The number of aliphatic imine (C=N–C) groups is 1. The highest BCUT2D eigenvalue weighted by molar-refractivity contribution is 6.01. The van der Waals surface area contributed by atoms with Crippen LogP contribution in [0.3, 0.4) is 0 Å². The van der Waals surface area contributed by atoms with Crippen molar-refractivity contribution in [2.75, 3.05) is 19.0 Å². The third-order valence-electron chi connectivity index (χ3n) is 3.17. The number of nitrogens with zero attached hydrogens (tertiary/aromatic N) is 3. The van der Waals surface area contributed by atoms with Crippen LogP contribution in [0.15, 0.2) is 11.3 Å². The zero-order chi connectivity index (χ0) is 14.7. The van der Waals surface area contributed by atoms with Gasteiger partial charge in [-0.15, -0.1) is 0 Å². The predicted octanol–water partition coefficient (Wildman–Crippen LogP) is -1.57. The van der Waals surface area contributed by atoms with Crippen LogP contribution in [0, 0.1) is 0 Å². The first-order valence-corrected chi connectivity index (χ1v) is 6.06. The number of nitrogens with two attached hydrogens (primary N) is 1. The van der Waals surface area contributed by atoms with Crippen LogP contribution >= 0.6 is 0 Å². The number of aliphatic hydroxyl groups is 2. The standard InChI is InChI=1S/C11H17N5O4/c1-13-10(12)9-11(15-5-18)16(4-14-9)8-2-6(19)7(3-17)20-8/h4-8,17,19H,2-3H2,1H3,(H2,12,13)(H,15,18)/t6-,7?,8?/m1/s1. The smallest absolute Gasteiger partial charge is 0.212 e. The van der Waals surface area contributed by atoms with Gasteiger partial charge in [0.05, 0.1) is 19.0 Å². The Balaban J connectivity index is 2.33. The lowest BCUT2D eigenvalue weighted by Gasteiger charge is -2.16. The number of nitrogens with one attached hydrogen (secondary N) is 1. The summed E-state index contributed by atoms with van der Waals surface area (Å²) in [6, 6.07) is 0. The van der Waals surface area contributed by atoms with Crippen LogP contribution in [-0.4, -0.2) is 57.9 Å². The number of carbonyl (C=O) groups is 1. The summed E-state index contributed by atoms with van der Waals surface area (Å²) < 4.78 is 7.05. The van der Waals surface area contributed by atoms with Gasteiger partial charge in [0.1, 0.15) is 29.7 Å². The molecular formula is C11H17N5O4. The lowest BCUT2D eigenvalue weighted by molar-refractivity contribution is -0.105. The molecule has 1 aliphatic heterocycles. The van der Waals surface area contributed by atoms with Crippen molar-refractivity contribution in [1.82, 2.24) is 9.55 Å². The maximum atomic E-state index is 10.7. The quantitative estimate of drug-likeness (QED) is 0.293. The van der Waals surface area contributed by atoms with Crippen LogP contribution in [0.1, 0.15) is 18.3 Å². The van der Waals surface area contributed by atoms with E-state index in [4.69, 9.17) is 15.6 Å². The fourth-order valence-electron chi connectivity index (χ4n) is 2.12. The summed E-state index contributed by atoms with van der Waals surface area (Å²) in [5.74, 6) is 0.504. The summed E-state index contributed by atoms with van der Waals surface area (Å²) in [7, 11) is 1.51. The molecule has 9 nitrogen and oxygen atoms in total. The summed E-state index contributed by atoms with van der Waals surface area (Å²) in [5, 5.41) is 21.3. The van der Waals surface area contributed by atoms with E-state index >= 15 is 0 Å². The first kappa shape index (κ1) is 14.4. The van der Waals surface area contributed by atoms with Crippen LogP contribution in [0.2, 0.25) is 0 Å². The predicted molar refractivity (Wildman–Crippen MR) is 70.2 cm³/mol. The first-order chi connectivity index (χ1) is 9.62. The molecule has 0 radical (unpaired) electrons. The van der Waals surface area contributed by atoms with E-state index in [1.165, 1.54) is 13.4 Å². The second-order valence-electron chi connectivity index (χ2n) is 4.33. The monoisotopic (exact) mass is 283 g/mol. The topological polar surface area (TPSA) is 135 Å². The number of aromatic nitrogens is 2. The van der Waals surface area contributed by atoms with Crippen LogP contribution < -0.4 is 11.1 Å². The van der Waals surface area contributed by atoms with Gasteiger partial charge in [0.15, 0.2) is 0 Å². The molecule has 20 heavy (non-hydrogen) atoms. The number of imidazole rings is 1. The van der Waals surface area contributed by atoms with Crippen molar-refractivity contribution in [2.24, 2.45) is 10.7 Å². The highest BCUT2D eigenvalue weighted by atomic mass is 16.5. The minimum atomic E-state index is -0.780. The van der Waals surface area contributed by atoms with E-state index in [0.29, 0.717) is 17.9 Å². The minimum absolute atomic E-state index is 0.172. The molecule has 0 spiro atoms. The molecule has 0 aliphatic carbocycles. The molecule has 1 saturated heterocycles. The summed E-state index contributed by atoms with van der Waals surface area (Å²) >= 11 is 0. The molecule has 5 N–H and O–H groups in total. The van der Waals surface area contributed by atoms with Crippen molar-refractivity contribution in [1.29, 1.82) is 0 Å². The van der Waals surface area contributed by atoms with Crippen molar-refractivity contribution in [3.8, 4) is 0 Å². The number of amidine groups is 1. The highest BCUT2D eigenvalue weighted by Gasteiger charge is 2.35. The Labute approximate surface area is 115 Å². The van der Waals surface area contributed by atoms with Gasteiger partial charge < -0.3 is 26.0 Å². The summed E-state index contributed by atoms with van der Waals surface area (Å²) in [6.45, 7) is -0.284. The van der Waals surface area contributed by atoms with Crippen molar-refractivity contribution in [2.45, 2.75) is 24.9 Å². The number of hydrogen-bond acceptors (Lipinski definition) is 6. The van der Waals surface area contributed by atoms with Gasteiger partial charge in [-0.25, -0.2) is 4.98 Å². The molecule has 110 valence electrons. The molecular weight excluding hydrogens is 266 g/mol. The molecule has 0 aromatic carbocycles. The van der Waals surface area contributed by atoms with E-state index in [-0.39, 0.29) is 18.9 Å². The molecule has 0 bridgehead atoms. The molecule has 2 unspecified atom stereocenters. The number of ether oxygens (including phenoxy) is 1. The SMILES string of the molecule is CN=C(N)c1ncn(C2C[C@@H](O)C(CO)O2)c1NC=O. The van der Waals surface area contributed by atoms with E-state index in [0.717, 1.165) is 0 Å². The summed E-state index contributed by atoms with van der Waals surface area (Å²) in [6.07, 6.45) is 0.225. The average Bonchev–Trinajstić information content (AvgIpc) is 3.02. The lowest BCUT2D eigenvalue weighted by Crippen LogP contribution is -2.24. The molecule has 1 aromatic rings. The normalized spacial score (nSPS) is 26.8. The first-order valence-electron chi connectivity index (χ1n) is 6.06. The molecule has 2 heterocycles. The van der Waals surface area contributed by atoms with Crippen molar-refractivity contribution in [3.63, 3.8) is 0 Å². The Bertz CT molecular complexity index is 515. The van der Waals surface area contributed by atoms with Crippen molar-refractivity contribution < 1.29 is 19.7 Å². The minimum Gasteiger partial charge on any atom is -0.394 e. The molecule has 1 fully saturated rings. The molecule has 1 amide bonds. The van der Waals surface area contributed by atoms with Crippen LogP contribution in [-0.2, 0) is 9.53 Å². The van der Waals surface area contributed by atoms with E-state index in [9.17, 15) is 9.90 Å². The third-order valence-corrected chi connectivity index (χ3v) is 3.17. The number of aliphatic hydroxyl groups excluding tert-OH is 2. The van der Waals surface area contributed by atoms with Crippen LogP contribution in [0.5, 0.6) is 0 Å². The number of carbonyl (C=O) groups excluding carboxylic acids is 1. The molecule has 0 saturated carbocycles. The second-order valence-corrected chi connectivity index (χ2v) is 4.33. The highest BCUT2D eigenvalue weighted by Crippen LogP contribution is 2.31. The Hall–Kier alpha value is -1.97. The van der Waals surface area contributed by atoms with E-state index in [1.807, 2.05) is 0 Å². The van der Waals surface area contributed by atoms with Gasteiger partial charge in [0.2, 0.25) is 6.41 Å². The van der Waals surface area contributed by atoms with Gasteiger partial charge >= 0.3 is 0 Å². The van der Waals surface area contributed by atoms with E-state index in [2.05, 4.69) is 15.3 Å². The van der Waals surface area contributed by atoms with Gasteiger partial charge in [-0.2, -0.15) is 0 Å². The van der Waals surface area contributed by atoms with Gasteiger partial charge in [0, 0.05) is 13.5 Å². The largest absolute Gasteiger partial charge is 0.394 e. The summed E-state index contributed by atoms with van der Waals surface area (Å²) in [4.78, 5) is 18.6. The Kier molecular flexibility index (Phi) is 4.32. The van der Waals surface area contributed by atoms with Crippen LogP contribution in [0.25, 0.3) is 0 Å². The van der Waals surface area contributed by atoms with Gasteiger partial charge in [0.25, 0.3) is 0 Å². The summed E-state index contributed by atoms with van der Waals surface area (Å²) in [5.41, 5.74) is 6.03. The fourth-order valence-corrected chi connectivity index (χ4v) is 2.12. The average molecular weight is 283 g/mol. The maximum Gasteiger partial charge on any atom is 0.212 e. The number of amides is 1. The Morgan fingerprint density at radius 1 is 1.80 bits per heavy atom. The van der Waals surface area contributed by atoms with Crippen molar-refractivity contribution in [3.05, 3.63) is 12.0 Å². The van der Waals surface area contributed by atoms with Gasteiger partial charge in [-0.3, -0.25) is 14.4 Å². The second kappa shape index (κ2) is 5.99. The molecule has 3 atom stereocenters. The lowest BCUT2D eigenvalue weighted by atomic mass is 10.2. The molecule has 2 rings (SSSR count). The van der Waals surface area contributed by atoms with Gasteiger partial charge in [-0.1, -0.05) is 0 Å². The van der Waals surface area contributed by atoms with E-state index < -0.39 is 18.4 Å². The van der Waals surface area contributed by atoms with Crippen LogP contribution in [0.4, 0.5) is 5.82 Å². The number of hydrogen-bond donors (Lipinski definition) is 4. The maximum absolute atomic E-state index is 10.7. The molecule has 9 heteroatoms. The van der Waals surface area contributed by atoms with Crippen molar-refractivity contribution >= 4 is 18.1 Å². The number of anilines is 1. The molecule has 1 aromatic heterocycles.